The molecule has 1 aromatic carbocycles. The van der Waals surface area contributed by atoms with Crippen LogP contribution in [-0.2, 0) is 15.9 Å². The van der Waals surface area contributed by atoms with Gasteiger partial charge in [0.2, 0.25) is 0 Å². The lowest BCUT2D eigenvalue weighted by molar-refractivity contribution is -0.142. The average molecular weight is 288 g/mol. The smallest absolute Gasteiger partial charge is 0.166 e. The normalized spacial score (nSPS) is 24.9. The first-order chi connectivity index (χ1) is 10.2. The lowest BCUT2D eigenvalue weighted by atomic mass is 9.78. The molecule has 2 heterocycles. The maximum atomic E-state index is 12.7. The molecule has 3 heteroatoms. The monoisotopic (exact) mass is 288 g/mol. The van der Waals surface area contributed by atoms with Crippen LogP contribution in [0.15, 0.2) is 24.3 Å². The Hall–Kier alpha value is -1.19. The molecular weight excluding hydrogens is 264 g/mol. The zero-order chi connectivity index (χ0) is 14.7. The number of ketones is 1. The SMILES string of the molecule is CCc1ccc(C(=O)C2CCOC3(CCOCC3)C2)cc1. The molecule has 1 unspecified atom stereocenters. The van der Waals surface area contributed by atoms with Crippen molar-refractivity contribution in [1.29, 1.82) is 0 Å². The van der Waals surface area contributed by atoms with E-state index in [9.17, 15) is 4.79 Å². The minimum Gasteiger partial charge on any atom is -0.381 e. The Morgan fingerprint density at radius 3 is 2.57 bits per heavy atom. The highest BCUT2D eigenvalue weighted by Crippen LogP contribution is 2.38. The number of carbonyl (C=O) groups is 1. The number of aryl methyl sites for hydroxylation is 1. The van der Waals surface area contributed by atoms with Crippen molar-refractivity contribution in [2.45, 2.75) is 44.6 Å². The van der Waals surface area contributed by atoms with Gasteiger partial charge < -0.3 is 9.47 Å². The summed E-state index contributed by atoms with van der Waals surface area (Å²) in [4.78, 5) is 12.7. The highest BCUT2D eigenvalue weighted by Gasteiger charge is 2.41. The van der Waals surface area contributed by atoms with Crippen LogP contribution in [0.25, 0.3) is 0 Å². The van der Waals surface area contributed by atoms with Gasteiger partial charge in [0, 0.05) is 31.3 Å². The van der Waals surface area contributed by atoms with E-state index in [1.165, 1.54) is 5.56 Å². The first-order valence-electron chi connectivity index (χ1n) is 8.07. The molecule has 21 heavy (non-hydrogen) atoms. The Kier molecular flexibility index (Phi) is 4.41. The van der Waals surface area contributed by atoms with Gasteiger partial charge in [-0.05, 0) is 37.7 Å². The van der Waals surface area contributed by atoms with Crippen molar-refractivity contribution in [2.75, 3.05) is 19.8 Å². The van der Waals surface area contributed by atoms with Gasteiger partial charge in [-0.3, -0.25) is 4.79 Å². The molecule has 2 aliphatic heterocycles. The third-order valence-corrected chi connectivity index (χ3v) is 4.91. The predicted octanol–water partition coefficient (Wildman–Crippen LogP) is 3.41. The molecule has 2 saturated heterocycles. The van der Waals surface area contributed by atoms with E-state index in [-0.39, 0.29) is 17.3 Å². The summed E-state index contributed by atoms with van der Waals surface area (Å²) >= 11 is 0. The van der Waals surface area contributed by atoms with Gasteiger partial charge in [-0.2, -0.15) is 0 Å². The lowest BCUT2D eigenvalue weighted by Gasteiger charge is -2.42. The van der Waals surface area contributed by atoms with E-state index in [0.29, 0.717) is 6.61 Å². The van der Waals surface area contributed by atoms with Crippen molar-refractivity contribution >= 4 is 5.78 Å². The molecule has 1 atom stereocenters. The van der Waals surface area contributed by atoms with E-state index in [4.69, 9.17) is 9.47 Å². The third-order valence-electron chi connectivity index (χ3n) is 4.91. The molecule has 0 aliphatic carbocycles. The summed E-state index contributed by atoms with van der Waals surface area (Å²) in [6.45, 7) is 4.34. The van der Waals surface area contributed by atoms with Gasteiger partial charge in [-0.25, -0.2) is 0 Å². The number of hydrogen-bond donors (Lipinski definition) is 0. The quantitative estimate of drug-likeness (QED) is 0.800. The van der Waals surface area contributed by atoms with Gasteiger partial charge >= 0.3 is 0 Å². The van der Waals surface area contributed by atoms with Crippen LogP contribution in [0.5, 0.6) is 0 Å². The van der Waals surface area contributed by atoms with Crippen molar-refractivity contribution in [1.82, 2.24) is 0 Å². The molecule has 114 valence electrons. The maximum absolute atomic E-state index is 12.7. The predicted molar refractivity (Wildman–Crippen MR) is 81.6 cm³/mol. The lowest BCUT2D eigenvalue weighted by Crippen LogP contribution is -2.45. The summed E-state index contributed by atoms with van der Waals surface area (Å²) in [5.74, 6) is 0.385. The highest BCUT2D eigenvalue weighted by atomic mass is 16.5. The van der Waals surface area contributed by atoms with E-state index in [2.05, 4.69) is 19.1 Å². The van der Waals surface area contributed by atoms with Crippen molar-refractivity contribution in [3.63, 3.8) is 0 Å². The molecular formula is C18H24O3. The molecule has 1 aromatic rings. The second-order valence-electron chi connectivity index (χ2n) is 6.25. The molecule has 3 rings (SSSR count). The van der Waals surface area contributed by atoms with Crippen LogP contribution >= 0.6 is 0 Å². The van der Waals surface area contributed by atoms with E-state index in [1.807, 2.05) is 12.1 Å². The molecule has 1 spiro atoms. The van der Waals surface area contributed by atoms with E-state index in [1.54, 1.807) is 0 Å². The Morgan fingerprint density at radius 1 is 1.19 bits per heavy atom. The van der Waals surface area contributed by atoms with Gasteiger partial charge in [0.05, 0.1) is 5.60 Å². The standard InChI is InChI=1S/C18H24O3/c1-2-14-3-5-15(6-4-14)17(19)16-7-10-21-18(13-16)8-11-20-12-9-18/h3-6,16H,2,7-13H2,1H3. The average Bonchev–Trinajstić information content (AvgIpc) is 2.55. The van der Waals surface area contributed by atoms with Gasteiger partial charge in [-0.1, -0.05) is 31.2 Å². The highest BCUT2D eigenvalue weighted by molar-refractivity contribution is 5.98. The maximum Gasteiger partial charge on any atom is 0.166 e. The summed E-state index contributed by atoms with van der Waals surface area (Å²) in [6.07, 6.45) is 4.55. The van der Waals surface area contributed by atoms with Crippen molar-refractivity contribution < 1.29 is 14.3 Å². The molecule has 0 saturated carbocycles. The molecule has 0 amide bonds. The second-order valence-corrected chi connectivity index (χ2v) is 6.25. The Bertz CT molecular complexity index is 480. The minimum absolute atomic E-state index is 0.101. The first kappa shape index (κ1) is 14.7. The van der Waals surface area contributed by atoms with Crippen LogP contribution < -0.4 is 0 Å². The fourth-order valence-corrected chi connectivity index (χ4v) is 3.48. The van der Waals surface area contributed by atoms with E-state index >= 15 is 0 Å². The van der Waals surface area contributed by atoms with Crippen molar-refractivity contribution in [2.24, 2.45) is 5.92 Å². The fourth-order valence-electron chi connectivity index (χ4n) is 3.48. The number of benzene rings is 1. The zero-order valence-electron chi connectivity index (χ0n) is 12.8. The van der Waals surface area contributed by atoms with Gasteiger partial charge in [0.1, 0.15) is 0 Å². The van der Waals surface area contributed by atoms with Crippen LogP contribution in [0.1, 0.15) is 48.5 Å². The van der Waals surface area contributed by atoms with Crippen LogP contribution in [0.3, 0.4) is 0 Å². The van der Waals surface area contributed by atoms with Crippen molar-refractivity contribution in [3.05, 3.63) is 35.4 Å². The summed E-state index contributed by atoms with van der Waals surface area (Å²) in [5, 5.41) is 0. The third kappa shape index (κ3) is 3.19. The molecule has 0 N–H and O–H groups in total. The Morgan fingerprint density at radius 2 is 1.90 bits per heavy atom. The van der Waals surface area contributed by atoms with Crippen LogP contribution in [0.4, 0.5) is 0 Å². The van der Waals surface area contributed by atoms with E-state index < -0.39 is 0 Å². The number of carbonyl (C=O) groups excluding carboxylic acids is 1. The summed E-state index contributed by atoms with van der Waals surface area (Å²) < 4.78 is 11.5. The Labute approximate surface area is 126 Å². The first-order valence-corrected chi connectivity index (χ1v) is 8.07. The molecule has 2 fully saturated rings. The van der Waals surface area contributed by atoms with Crippen LogP contribution in [-0.4, -0.2) is 31.2 Å². The zero-order valence-corrected chi connectivity index (χ0v) is 12.8. The van der Waals surface area contributed by atoms with Gasteiger partial charge in [-0.15, -0.1) is 0 Å². The van der Waals surface area contributed by atoms with Gasteiger partial charge in [0.15, 0.2) is 5.78 Å². The summed E-state index contributed by atoms with van der Waals surface area (Å²) in [7, 11) is 0. The van der Waals surface area contributed by atoms with Crippen LogP contribution in [0, 0.1) is 5.92 Å². The van der Waals surface area contributed by atoms with Crippen molar-refractivity contribution in [3.8, 4) is 0 Å². The molecule has 0 bridgehead atoms. The van der Waals surface area contributed by atoms with Crippen LogP contribution in [0.2, 0.25) is 0 Å². The minimum atomic E-state index is -0.111. The second kappa shape index (κ2) is 6.29. The molecule has 2 aliphatic rings. The fraction of sp³-hybridized carbons (Fsp3) is 0.611. The topological polar surface area (TPSA) is 35.5 Å². The number of rotatable bonds is 3. The van der Waals surface area contributed by atoms with E-state index in [0.717, 1.165) is 50.9 Å². The molecule has 0 radical (unpaired) electrons. The molecule has 0 aromatic heterocycles. The summed E-state index contributed by atoms with van der Waals surface area (Å²) in [6, 6.07) is 8.09. The van der Waals surface area contributed by atoms with Gasteiger partial charge in [0.25, 0.3) is 0 Å². The molecule has 3 nitrogen and oxygen atoms in total. The number of Topliss-reactive ketones (excluding diaryl/α,β-unsaturated/α-hetero) is 1. The summed E-state index contributed by atoms with van der Waals surface area (Å²) in [5.41, 5.74) is 2.01. The largest absolute Gasteiger partial charge is 0.381 e. The number of hydrogen-bond acceptors (Lipinski definition) is 3. The number of ether oxygens (including phenoxy) is 2. The Balaban J connectivity index is 1.71.